The summed E-state index contributed by atoms with van der Waals surface area (Å²) in [6, 6.07) is 21.4. The van der Waals surface area contributed by atoms with E-state index in [0.29, 0.717) is 5.75 Å². The summed E-state index contributed by atoms with van der Waals surface area (Å²) in [5.41, 5.74) is 1.55. The Hall–Kier alpha value is -3.39. The van der Waals surface area contributed by atoms with Crippen molar-refractivity contribution in [1.29, 1.82) is 0 Å². The van der Waals surface area contributed by atoms with Crippen LogP contribution in [0.4, 0.5) is 4.39 Å². The van der Waals surface area contributed by atoms with Crippen molar-refractivity contribution in [3.8, 4) is 11.5 Å². The van der Waals surface area contributed by atoms with Gasteiger partial charge >= 0.3 is 10.1 Å². The first-order chi connectivity index (χ1) is 15.3. The number of hydrogen-bond acceptors (Lipinski definition) is 5. The Bertz CT molecular complexity index is 1120. The smallest absolute Gasteiger partial charge is 0.308 e. The first-order valence-corrected chi connectivity index (χ1v) is 11.6. The maximum absolute atomic E-state index is 13.3. The predicted octanol–water partition coefficient (Wildman–Crippen LogP) is 4.16. The Morgan fingerprint density at radius 2 is 1.41 bits per heavy atom. The highest BCUT2D eigenvalue weighted by Crippen LogP contribution is 2.18. The summed E-state index contributed by atoms with van der Waals surface area (Å²) in [6.07, 6.45) is 0. The SMILES string of the molecule is CCS(=O)(=O)Oc1ccc(CN(Cc2ccc(F)cc2)C(=O)COc2ccccc2)cc1. The van der Waals surface area contributed by atoms with E-state index in [9.17, 15) is 17.6 Å². The van der Waals surface area contributed by atoms with Crippen LogP contribution in [0.5, 0.6) is 11.5 Å². The maximum Gasteiger partial charge on any atom is 0.308 e. The lowest BCUT2D eigenvalue weighted by atomic mass is 10.1. The largest absolute Gasteiger partial charge is 0.484 e. The van der Waals surface area contributed by atoms with Gasteiger partial charge in [0.2, 0.25) is 0 Å². The molecule has 0 aliphatic heterocycles. The molecule has 0 bridgehead atoms. The molecule has 6 nitrogen and oxygen atoms in total. The van der Waals surface area contributed by atoms with Crippen LogP contribution in [0.15, 0.2) is 78.9 Å². The van der Waals surface area contributed by atoms with Gasteiger partial charge in [-0.25, -0.2) is 4.39 Å². The monoisotopic (exact) mass is 457 g/mol. The van der Waals surface area contributed by atoms with Crippen LogP contribution >= 0.6 is 0 Å². The van der Waals surface area contributed by atoms with E-state index >= 15 is 0 Å². The van der Waals surface area contributed by atoms with E-state index in [1.165, 1.54) is 19.1 Å². The van der Waals surface area contributed by atoms with E-state index in [0.717, 1.165) is 11.1 Å². The lowest BCUT2D eigenvalue weighted by Gasteiger charge is -2.23. The number of para-hydroxylation sites is 1. The van der Waals surface area contributed by atoms with Crippen LogP contribution < -0.4 is 8.92 Å². The highest BCUT2D eigenvalue weighted by Gasteiger charge is 2.16. The number of amides is 1. The summed E-state index contributed by atoms with van der Waals surface area (Å²) in [5.74, 6) is 0.0696. The minimum Gasteiger partial charge on any atom is -0.484 e. The van der Waals surface area contributed by atoms with Gasteiger partial charge in [-0.15, -0.1) is 0 Å². The minimum atomic E-state index is -3.61. The van der Waals surface area contributed by atoms with E-state index in [4.69, 9.17) is 8.92 Å². The van der Waals surface area contributed by atoms with Crippen molar-refractivity contribution in [3.63, 3.8) is 0 Å². The zero-order valence-corrected chi connectivity index (χ0v) is 18.4. The van der Waals surface area contributed by atoms with E-state index in [-0.39, 0.29) is 42.9 Å². The lowest BCUT2D eigenvalue weighted by Crippen LogP contribution is -2.34. The Morgan fingerprint density at radius 3 is 1.97 bits per heavy atom. The van der Waals surface area contributed by atoms with Crippen LogP contribution in [-0.4, -0.2) is 31.6 Å². The van der Waals surface area contributed by atoms with Crippen molar-refractivity contribution in [3.05, 3.63) is 95.8 Å². The Kier molecular flexibility index (Phi) is 7.83. The number of halogens is 1. The fourth-order valence-electron chi connectivity index (χ4n) is 2.87. The average Bonchev–Trinajstić information content (AvgIpc) is 2.80. The predicted molar refractivity (Wildman–Crippen MR) is 119 cm³/mol. The third-order valence-electron chi connectivity index (χ3n) is 4.62. The Morgan fingerprint density at radius 1 is 0.844 bits per heavy atom. The van der Waals surface area contributed by atoms with Gasteiger partial charge in [0.25, 0.3) is 5.91 Å². The molecule has 3 aromatic rings. The molecule has 0 saturated heterocycles. The highest BCUT2D eigenvalue weighted by atomic mass is 32.2. The van der Waals surface area contributed by atoms with Crippen molar-refractivity contribution in [1.82, 2.24) is 4.90 Å². The number of nitrogens with zero attached hydrogens (tertiary/aromatic N) is 1. The molecule has 0 N–H and O–H groups in total. The molecule has 0 heterocycles. The molecule has 32 heavy (non-hydrogen) atoms. The van der Waals surface area contributed by atoms with E-state index in [1.54, 1.807) is 53.4 Å². The molecule has 0 aliphatic carbocycles. The normalized spacial score (nSPS) is 11.1. The number of rotatable bonds is 10. The molecule has 0 spiro atoms. The van der Waals surface area contributed by atoms with Crippen LogP contribution in [0.1, 0.15) is 18.1 Å². The van der Waals surface area contributed by atoms with Gasteiger partial charge in [0, 0.05) is 13.1 Å². The summed E-state index contributed by atoms with van der Waals surface area (Å²) in [7, 11) is -3.61. The van der Waals surface area contributed by atoms with Gasteiger partial charge in [0.1, 0.15) is 17.3 Å². The number of carbonyl (C=O) groups is 1. The highest BCUT2D eigenvalue weighted by molar-refractivity contribution is 7.87. The Labute approximate surface area is 187 Å². The number of carbonyl (C=O) groups excluding carboxylic acids is 1. The first kappa shape index (κ1) is 23.3. The standard InChI is InChI=1S/C24H24FNO5S/c1-2-32(28,29)31-23-14-10-20(11-15-23)17-26(16-19-8-12-21(25)13-9-19)24(27)18-30-22-6-4-3-5-7-22/h3-15H,2,16-18H2,1H3. The van der Waals surface area contributed by atoms with Crippen LogP contribution in [0.3, 0.4) is 0 Å². The van der Waals surface area contributed by atoms with Crippen molar-refractivity contribution < 1.29 is 26.5 Å². The first-order valence-electron chi connectivity index (χ1n) is 10.1. The van der Waals surface area contributed by atoms with Crippen LogP contribution in [-0.2, 0) is 28.0 Å². The molecule has 0 aliphatic rings. The molecule has 3 aromatic carbocycles. The van der Waals surface area contributed by atoms with Crippen molar-refractivity contribution >= 4 is 16.0 Å². The van der Waals surface area contributed by atoms with Crippen LogP contribution in [0.25, 0.3) is 0 Å². The van der Waals surface area contributed by atoms with Crippen molar-refractivity contribution in [2.45, 2.75) is 20.0 Å². The second-order valence-electron chi connectivity index (χ2n) is 7.05. The van der Waals surface area contributed by atoms with Gasteiger partial charge in [0.05, 0.1) is 5.75 Å². The fourth-order valence-corrected chi connectivity index (χ4v) is 3.39. The second kappa shape index (κ2) is 10.8. The van der Waals surface area contributed by atoms with Crippen molar-refractivity contribution in [2.24, 2.45) is 0 Å². The number of ether oxygens (including phenoxy) is 1. The molecule has 0 atom stereocenters. The van der Waals surface area contributed by atoms with Gasteiger partial charge in [-0.1, -0.05) is 42.5 Å². The molecule has 0 unspecified atom stereocenters. The van der Waals surface area contributed by atoms with Crippen LogP contribution in [0.2, 0.25) is 0 Å². The van der Waals surface area contributed by atoms with Gasteiger partial charge < -0.3 is 13.8 Å². The van der Waals surface area contributed by atoms with Gasteiger partial charge in [-0.05, 0) is 54.4 Å². The quantitative estimate of drug-likeness (QED) is 0.428. The van der Waals surface area contributed by atoms with E-state index in [2.05, 4.69) is 0 Å². The molecular formula is C24H24FNO5S. The van der Waals surface area contributed by atoms with E-state index < -0.39 is 10.1 Å². The fraction of sp³-hybridized carbons (Fsp3) is 0.208. The summed E-state index contributed by atoms with van der Waals surface area (Å²) < 4.78 is 47.1. The van der Waals surface area contributed by atoms with E-state index in [1.807, 2.05) is 18.2 Å². The van der Waals surface area contributed by atoms with Crippen molar-refractivity contribution in [2.75, 3.05) is 12.4 Å². The number of benzene rings is 3. The molecular weight excluding hydrogens is 433 g/mol. The van der Waals surface area contributed by atoms with Gasteiger partial charge in [-0.2, -0.15) is 8.42 Å². The molecule has 0 saturated carbocycles. The minimum absolute atomic E-state index is 0.129. The van der Waals surface area contributed by atoms with Gasteiger partial charge in [-0.3, -0.25) is 4.79 Å². The topological polar surface area (TPSA) is 72.9 Å². The molecule has 8 heteroatoms. The zero-order valence-electron chi connectivity index (χ0n) is 17.6. The summed E-state index contributed by atoms with van der Waals surface area (Å²) in [4.78, 5) is 14.5. The molecule has 168 valence electrons. The summed E-state index contributed by atoms with van der Waals surface area (Å²) >= 11 is 0. The summed E-state index contributed by atoms with van der Waals surface area (Å²) in [6.45, 7) is 1.87. The third kappa shape index (κ3) is 7.09. The maximum atomic E-state index is 13.3. The van der Waals surface area contributed by atoms with Gasteiger partial charge in [0.15, 0.2) is 6.61 Å². The Balaban J connectivity index is 1.72. The summed E-state index contributed by atoms with van der Waals surface area (Å²) in [5, 5.41) is 0. The van der Waals surface area contributed by atoms with Crippen LogP contribution in [0, 0.1) is 5.82 Å². The molecule has 3 rings (SSSR count). The number of hydrogen-bond donors (Lipinski definition) is 0. The molecule has 1 amide bonds. The third-order valence-corrected chi connectivity index (χ3v) is 5.77. The molecule has 0 radical (unpaired) electrons. The second-order valence-corrected chi connectivity index (χ2v) is 8.91. The molecule has 0 fully saturated rings. The molecule has 0 aromatic heterocycles. The lowest BCUT2D eigenvalue weighted by molar-refractivity contribution is -0.134. The zero-order chi connectivity index (χ0) is 23.0. The average molecular weight is 458 g/mol.